The average molecular weight is 559 g/mol. The van der Waals surface area contributed by atoms with E-state index in [-0.39, 0.29) is 42.3 Å². The summed E-state index contributed by atoms with van der Waals surface area (Å²) in [5.41, 5.74) is -0.714. The maximum atomic E-state index is 13.9. The molecular weight excluding hydrogens is 529 g/mol. The van der Waals surface area contributed by atoms with E-state index in [1.165, 1.54) is 6.42 Å². The Balaban J connectivity index is 0.00000341. The number of halogens is 5. The van der Waals surface area contributed by atoms with Crippen molar-refractivity contribution >= 4 is 29.9 Å². The van der Waals surface area contributed by atoms with Crippen molar-refractivity contribution in [3.8, 4) is 0 Å². The molecule has 3 rings (SSSR count). The summed E-state index contributed by atoms with van der Waals surface area (Å²) in [6.45, 7) is 4.64. The molecule has 0 aromatic heterocycles. The first-order valence-electron chi connectivity index (χ1n) is 10.6. The normalized spacial score (nSPS) is 20.5. The number of guanidine groups is 1. The first-order valence-corrected chi connectivity index (χ1v) is 10.6. The molecule has 5 nitrogen and oxygen atoms in total. The molecule has 0 aliphatic carbocycles. The molecule has 2 saturated heterocycles. The molecule has 2 fully saturated rings. The standard InChI is InChI=1S/C21H29F4N3O2.HI/c1-2-26-21(27-12-16-19(24)17(22)11-18(23)20(16)25)28-8-6-14(7-9-28)30-13-15-5-3-4-10-29-15;/h11,14-15H,2-10,12-13H2,1H3,(H,26,27);1H. The van der Waals surface area contributed by atoms with Crippen molar-refractivity contribution in [1.82, 2.24) is 10.2 Å². The van der Waals surface area contributed by atoms with E-state index in [1.807, 2.05) is 11.8 Å². The molecule has 176 valence electrons. The summed E-state index contributed by atoms with van der Waals surface area (Å²) in [6.07, 6.45) is 5.18. The third-order valence-electron chi connectivity index (χ3n) is 5.46. The average Bonchev–Trinajstić information content (AvgIpc) is 2.77. The van der Waals surface area contributed by atoms with Crippen molar-refractivity contribution < 1.29 is 27.0 Å². The minimum absolute atomic E-state index is 0. The number of benzene rings is 1. The van der Waals surface area contributed by atoms with Gasteiger partial charge in [0.1, 0.15) is 0 Å². The number of likely N-dealkylation sites (tertiary alicyclic amines) is 1. The minimum atomic E-state index is -1.43. The molecular formula is C21H30F4IN3O2. The molecule has 2 aliphatic rings. The van der Waals surface area contributed by atoms with Crippen LogP contribution < -0.4 is 5.32 Å². The number of hydrogen-bond donors (Lipinski definition) is 1. The highest BCUT2D eigenvalue weighted by atomic mass is 127. The molecule has 0 saturated carbocycles. The Labute approximate surface area is 197 Å². The lowest BCUT2D eigenvalue weighted by molar-refractivity contribution is -0.0721. The Morgan fingerprint density at radius 3 is 2.39 bits per heavy atom. The van der Waals surface area contributed by atoms with Gasteiger partial charge in [0.25, 0.3) is 0 Å². The van der Waals surface area contributed by atoms with Gasteiger partial charge in [-0.25, -0.2) is 22.6 Å². The zero-order chi connectivity index (χ0) is 21.5. The molecule has 2 heterocycles. The van der Waals surface area contributed by atoms with Crippen molar-refractivity contribution in [2.75, 3.05) is 32.8 Å². The first-order chi connectivity index (χ1) is 14.5. The van der Waals surface area contributed by atoms with Crippen LogP contribution in [-0.2, 0) is 16.0 Å². The van der Waals surface area contributed by atoms with E-state index in [1.54, 1.807) is 0 Å². The fourth-order valence-corrected chi connectivity index (χ4v) is 3.76. The maximum absolute atomic E-state index is 13.9. The Morgan fingerprint density at radius 1 is 1.13 bits per heavy atom. The van der Waals surface area contributed by atoms with Crippen LogP contribution in [0.1, 0.15) is 44.6 Å². The van der Waals surface area contributed by atoms with Gasteiger partial charge in [-0.15, -0.1) is 24.0 Å². The van der Waals surface area contributed by atoms with Crippen LogP contribution in [0.25, 0.3) is 0 Å². The highest BCUT2D eigenvalue weighted by Gasteiger charge is 2.24. The molecule has 0 bridgehead atoms. The number of hydrogen-bond acceptors (Lipinski definition) is 3. The van der Waals surface area contributed by atoms with Gasteiger partial charge >= 0.3 is 0 Å². The van der Waals surface area contributed by atoms with Crippen molar-refractivity contribution in [2.45, 2.75) is 57.8 Å². The quantitative estimate of drug-likeness (QED) is 0.185. The lowest BCUT2D eigenvalue weighted by atomic mass is 10.1. The number of piperidine rings is 1. The zero-order valence-corrected chi connectivity index (χ0v) is 20.0. The second-order valence-corrected chi connectivity index (χ2v) is 7.63. The lowest BCUT2D eigenvalue weighted by Gasteiger charge is -2.35. The summed E-state index contributed by atoms with van der Waals surface area (Å²) in [4.78, 5) is 6.18. The number of aliphatic imine (C=N–C) groups is 1. The molecule has 1 aromatic rings. The summed E-state index contributed by atoms with van der Waals surface area (Å²) in [5, 5.41) is 3.07. The van der Waals surface area contributed by atoms with Crippen molar-refractivity contribution in [3.05, 3.63) is 34.9 Å². The van der Waals surface area contributed by atoms with E-state index in [0.29, 0.717) is 32.2 Å². The Kier molecular flexibility index (Phi) is 10.8. The summed E-state index contributed by atoms with van der Waals surface area (Å²) >= 11 is 0. The molecule has 10 heteroatoms. The maximum Gasteiger partial charge on any atom is 0.194 e. The molecule has 1 aromatic carbocycles. The predicted octanol–water partition coefficient (Wildman–Crippen LogP) is 4.38. The minimum Gasteiger partial charge on any atom is -0.376 e. The van der Waals surface area contributed by atoms with Crippen LogP contribution in [0.4, 0.5) is 17.6 Å². The van der Waals surface area contributed by atoms with Gasteiger partial charge in [-0.2, -0.15) is 0 Å². The van der Waals surface area contributed by atoms with Gasteiger partial charge in [-0.1, -0.05) is 0 Å². The van der Waals surface area contributed by atoms with Gasteiger partial charge in [-0.3, -0.25) is 0 Å². The molecule has 0 amide bonds. The summed E-state index contributed by atoms with van der Waals surface area (Å²) < 4.78 is 66.3. The Hall–Kier alpha value is -1.14. The molecule has 0 radical (unpaired) electrons. The van der Waals surface area contributed by atoms with E-state index >= 15 is 0 Å². The topological polar surface area (TPSA) is 46.1 Å². The smallest absolute Gasteiger partial charge is 0.194 e. The van der Waals surface area contributed by atoms with Gasteiger partial charge in [0.15, 0.2) is 29.2 Å². The summed E-state index contributed by atoms with van der Waals surface area (Å²) in [5.74, 6) is -5.22. The van der Waals surface area contributed by atoms with E-state index in [0.717, 1.165) is 32.3 Å². The zero-order valence-electron chi connectivity index (χ0n) is 17.6. The van der Waals surface area contributed by atoms with Crippen molar-refractivity contribution in [2.24, 2.45) is 4.99 Å². The van der Waals surface area contributed by atoms with Crippen LogP contribution in [0.3, 0.4) is 0 Å². The van der Waals surface area contributed by atoms with E-state index in [4.69, 9.17) is 9.47 Å². The molecule has 2 aliphatic heterocycles. The molecule has 0 spiro atoms. The number of nitrogens with zero attached hydrogens (tertiary/aromatic N) is 2. The fourth-order valence-electron chi connectivity index (χ4n) is 3.76. The largest absolute Gasteiger partial charge is 0.376 e. The number of nitrogens with one attached hydrogen (secondary N) is 1. The van der Waals surface area contributed by atoms with Crippen molar-refractivity contribution in [1.29, 1.82) is 0 Å². The fraction of sp³-hybridized carbons (Fsp3) is 0.667. The van der Waals surface area contributed by atoms with Crippen LogP contribution in [0.15, 0.2) is 11.1 Å². The van der Waals surface area contributed by atoms with Crippen LogP contribution in [-0.4, -0.2) is 55.9 Å². The third kappa shape index (κ3) is 7.18. The molecule has 1 atom stereocenters. The van der Waals surface area contributed by atoms with Gasteiger partial charge in [-0.05, 0) is 39.0 Å². The van der Waals surface area contributed by atoms with E-state index in [2.05, 4.69) is 10.3 Å². The predicted molar refractivity (Wildman–Crippen MR) is 121 cm³/mol. The van der Waals surface area contributed by atoms with Crippen LogP contribution in [0.5, 0.6) is 0 Å². The second-order valence-electron chi connectivity index (χ2n) is 7.63. The number of ether oxygens (including phenoxy) is 2. The van der Waals surface area contributed by atoms with Gasteiger partial charge < -0.3 is 19.7 Å². The van der Waals surface area contributed by atoms with Crippen LogP contribution in [0.2, 0.25) is 0 Å². The molecule has 31 heavy (non-hydrogen) atoms. The van der Waals surface area contributed by atoms with Crippen LogP contribution in [0, 0.1) is 23.3 Å². The van der Waals surface area contributed by atoms with Crippen molar-refractivity contribution in [3.63, 3.8) is 0 Å². The Bertz CT molecular complexity index is 714. The van der Waals surface area contributed by atoms with Gasteiger partial charge in [0, 0.05) is 32.3 Å². The SMILES string of the molecule is CCNC(=NCc1c(F)c(F)cc(F)c1F)N1CCC(OCC2CCCCO2)CC1.I. The molecule has 1 N–H and O–H groups in total. The van der Waals surface area contributed by atoms with E-state index < -0.39 is 35.4 Å². The van der Waals surface area contributed by atoms with Gasteiger partial charge in [0.2, 0.25) is 0 Å². The second kappa shape index (κ2) is 12.8. The monoisotopic (exact) mass is 559 g/mol. The number of rotatable bonds is 6. The van der Waals surface area contributed by atoms with E-state index in [9.17, 15) is 17.6 Å². The van der Waals surface area contributed by atoms with Gasteiger partial charge in [0.05, 0.1) is 30.9 Å². The highest BCUT2D eigenvalue weighted by Crippen LogP contribution is 2.21. The summed E-state index contributed by atoms with van der Waals surface area (Å²) in [6, 6.07) is 0.201. The van der Waals surface area contributed by atoms with Crippen LogP contribution >= 0.6 is 24.0 Å². The Morgan fingerprint density at radius 2 is 1.81 bits per heavy atom. The first kappa shape index (κ1) is 26.1. The third-order valence-corrected chi connectivity index (χ3v) is 5.46. The highest BCUT2D eigenvalue weighted by molar-refractivity contribution is 14.0. The summed E-state index contributed by atoms with van der Waals surface area (Å²) in [7, 11) is 0. The lowest BCUT2D eigenvalue weighted by Crippen LogP contribution is -2.47. The molecule has 1 unspecified atom stereocenters.